The molecule has 6 nitrogen and oxygen atoms in total. The fourth-order valence-corrected chi connectivity index (χ4v) is 2.96. The molecule has 0 saturated heterocycles. The molecule has 0 radical (unpaired) electrons. The first-order chi connectivity index (χ1) is 10.3. The number of aromatic amines is 1. The van der Waals surface area contributed by atoms with Gasteiger partial charge in [0.15, 0.2) is 5.82 Å². The molecule has 0 aliphatic heterocycles. The second-order valence-electron chi connectivity index (χ2n) is 5.43. The van der Waals surface area contributed by atoms with Crippen LogP contribution in [0.4, 0.5) is 5.69 Å². The first-order valence-corrected chi connectivity index (χ1v) is 7.24. The third kappa shape index (κ3) is 3.45. The maximum absolute atomic E-state index is 12.3. The lowest BCUT2D eigenvalue weighted by molar-refractivity contribution is -0.120. The monoisotopic (exact) mass is 321 g/mol. The summed E-state index contributed by atoms with van der Waals surface area (Å²) in [5.74, 6) is 1.16. The van der Waals surface area contributed by atoms with E-state index >= 15 is 0 Å². The first kappa shape index (κ1) is 16.5. The summed E-state index contributed by atoms with van der Waals surface area (Å²) >= 11 is 0. The fourth-order valence-electron chi connectivity index (χ4n) is 2.96. The number of aromatic nitrogens is 3. The number of amides is 1. The van der Waals surface area contributed by atoms with Gasteiger partial charge < -0.3 is 11.1 Å². The van der Waals surface area contributed by atoms with Gasteiger partial charge in [-0.1, -0.05) is 6.42 Å². The average molecular weight is 322 g/mol. The molecule has 2 aromatic rings. The molecule has 0 bridgehead atoms. The average Bonchev–Trinajstić information content (AvgIpc) is 3.19. The van der Waals surface area contributed by atoms with Crippen LogP contribution in [0.3, 0.4) is 0 Å². The predicted octanol–water partition coefficient (Wildman–Crippen LogP) is 2.21. The van der Waals surface area contributed by atoms with Gasteiger partial charge in [-0.15, -0.1) is 12.4 Å². The second-order valence-corrected chi connectivity index (χ2v) is 5.43. The van der Waals surface area contributed by atoms with Crippen molar-refractivity contribution in [2.75, 3.05) is 11.9 Å². The Balaban J connectivity index is 0.00000176. The van der Waals surface area contributed by atoms with Crippen molar-refractivity contribution in [1.82, 2.24) is 15.2 Å². The van der Waals surface area contributed by atoms with Crippen LogP contribution in [0, 0.1) is 11.8 Å². The molecular weight excluding hydrogens is 302 g/mol. The van der Waals surface area contributed by atoms with E-state index in [4.69, 9.17) is 5.73 Å². The maximum atomic E-state index is 12.3. The summed E-state index contributed by atoms with van der Waals surface area (Å²) in [6.45, 7) is 0.586. The van der Waals surface area contributed by atoms with Gasteiger partial charge in [0.2, 0.25) is 5.91 Å². The molecule has 1 aromatic heterocycles. The summed E-state index contributed by atoms with van der Waals surface area (Å²) in [6, 6.07) is 7.57. The Morgan fingerprint density at radius 2 is 2.09 bits per heavy atom. The number of anilines is 1. The number of nitrogens with one attached hydrogen (secondary N) is 2. The lowest BCUT2D eigenvalue weighted by Crippen LogP contribution is -2.29. The summed E-state index contributed by atoms with van der Waals surface area (Å²) in [7, 11) is 0. The van der Waals surface area contributed by atoms with E-state index in [0.717, 1.165) is 30.5 Å². The molecule has 1 fully saturated rings. The molecule has 1 aliphatic carbocycles. The number of halogens is 1. The van der Waals surface area contributed by atoms with E-state index in [1.807, 2.05) is 24.3 Å². The third-order valence-corrected chi connectivity index (χ3v) is 4.14. The molecule has 1 aliphatic rings. The Bertz CT molecular complexity index is 599. The number of H-pyrrole nitrogens is 1. The quantitative estimate of drug-likeness (QED) is 0.804. The standard InChI is InChI=1S/C15H19N5O.ClH/c16-8-11-2-1-3-13(11)15(21)19-12-6-4-10(5-7-12)14-17-9-18-20-14;/h4-7,9,11,13H,1-3,8,16H2,(H,19,21)(H,17,18,20);1H/t11-,13-;/m1./s1. The lowest BCUT2D eigenvalue weighted by atomic mass is 9.95. The topological polar surface area (TPSA) is 96.7 Å². The van der Waals surface area contributed by atoms with Gasteiger partial charge in [-0.05, 0) is 49.6 Å². The number of hydrogen-bond donors (Lipinski definition) is 3. The van der Waals surface area contributed by atoms with Gasteiger partial charge in [0.1, 0.15) is 6.33 Å². The van der Waals surface area contributed by atoms with Crippen LogP contribution in [0.25, 0.3) is 11.4 Å². The summed E-state index contributed by atoms with van der Waals surface area (Å²) in [6.07, 6.45) is 4.55. The van der Waals surface area contributed by atoms with Crippen molar-refractivity contribution in [1.29, 1.82) is 0 Å². The highest BCUT2D eigenvalue weighted by molar-refractivity contribution is 5.93. The van der Waals surface area contributed by atoms with E-state index in [9.17, 15) is 4.79 Å². The summed E-state index contributed by atoms with van der Waals surface area (Å²) < 4.78 is 0. The number of nitrogens with zero attached hydrogens (tertiary/aromatic N) is 2. The first-order valence-electron chi connectivity index (χ1n) is 7.24. The number of benzene rings is 1. The summed E-state index contributed by atoms with van der Waals surface area (Å²) in [5.41, 5.74) is 7.47. The number of carbonyl (C=O) groups excluding carboxylic acids is 1. The number of nitrogens with two attached hydrogens (primary N) is 1. The van der Waals surface area contributed by atoms with Crippen molar-refractivity contribution in [2.24, 2.45) is 17.6 Å². The Morgan fingerprint density at radius 3 is 2.73 bits per heavy atom. The molecule has 1 heterocycles. The minimum atomic E-state index is 0. The molecule has 1 saturated carbocycles. The fraction of sp³-hybridized carbons (Fsp3) is 0.400. The third-order valence-electron chi connectivity index (χ3n) is 4.14. The minimum Gasteiger partial charge on any atom is -0.330 e. The zero-order valence-electron chi connectivity index (χ0n) is 12.2. The van der Waals surface area contributed by atoms with Gasteiger partial charge in [-0.2, -0.15) is 5.10 Å². The zero-order chi connectivity index (χ0) is 14.7. The van der Waals surface area contributed by atoms with E-state index in [1.54, 1.807) is 0 Å². The zero-order valence-corrected chi connectivity index (χ0v) is 13.0. The van der Waals surface area contributed by atoms with Crippen LogP contribution in [0.2, 0.25) is 0 Å². The largest absolute Gasteiger partial charge is 0.330 e. The Hall–Kier alpha value is -1.92. The van der Waals surface area contributed by atoms with Gasteiger partial charge >= 0.3 is 0 Å². The molecule has 22 heavy (non-hydrogen) atoms. The smallest absolute Gasteiger partial charge is 0.227 e. The Kier molecular flexibility index (Phi) is 5.51. The van der Waals surface area contributed by atoms with Gasteiger partial charge in [-0.25, -0.2) is 4.98 Å². The van der Waals surface area contributed by atoms with Crippen LogP contribution >= 0.6 is 12.4 Å². The molecule has 118 valence electrons. The van der Waals surface area contributed by atoms with Crippen LogP contribution in [0.5, 0.6) is 0 Å². The van der Waals surface area contributed by atoms with E-state index in [1.165, 1.54) is 6.33 Å². The van der Waals surface area contributed by atoms with E-state index in [0.29, 0.717) is 18.3 Å². The highest BCUT2D eigenvalue weighted by atomic mass is 35.5. The minimum absolute atomic E-state index is 0. The molecule has 2 atom stereocenters. The highest BCUT2D eigenvalue weighted by Gasteiger charge is 2.31. The van der Waals surface area contributed by atoms with Gasteiger partial charge in [0.25, 0.3) is 0 Å². The van der Waals surface area contributed by atoms with Crippen molar-refractivity contribution < 1.29 is 4.79 Å². The highest BCUT2D eigenvalue weighted by Crippen LogP contribution is 2.32. The molecule has 1 aromatic carbocycles. The maximum Gasteiger partial charge on any atom is 0.227 e. The van der Waals surface area contributed by atoms with E-state index in [2.05, 4.69) is 20.5 Å². The molecule has 4 N–H and O–H groups in total. The van der Waals surface area contributed by atoms with Gasteiger partial charge in [-0.3, -0.25) is 9.89 Å². The summed E-state index contributed by atoms with van der Waals surface area (Å²) in [5, 5.41) is 9.61. The van der Waals surface area contributed by atoms with Crippen LogP contribution in [-0.2, 0) is 4.79 Å². The molecule has 0 unspecified atom stereocenters. The molecule has 7 heteroatoms. The van der Waals surface area contributed by atoms with Gasteiger partial charge in [0, 0.05) is 17.2 Å². The Labute approximate surface area is 135 Å². The van der Waals surface area contributed by atoms with Gasteiger partial charge in [0.05, 0.1) is 0 Å². The lowest BCUT2D eigenvalue weighted by Gasteiger charge is -2.17. The molecule has 1 amide bonds. The van der Waals surface area contributed by atoms with Crippen molar-refractivity contribution in [2.45, 2.75) is 19.3 Å². The Morgan fingerprint density at radius 1 is 1.32 bits per heavy atom. The van der Waals surface area contributed by atoms with Crippen molar-refractivity contribution in [3.05, 3.63) is 30.6 Å². The number of rotatable bonds is 4. The van der Waals surface area contributed by atoms with Crippen LogP contribution in [-0.4, -0.2) is 27.6 Å². The number of carbonyl (C=O) groups is 1. The van der Waals surface area contributed by atoms with Crippen molar-refractivity contribution >= 4 is 24.0 Å². The molecular formula is C15H20ClN5O. The van der Waals surface area contributed by atoms with Crippen LogP contribution < -0.4 is 11.1 Å². The van der Waals surface area contributed by atoms with E-state index < -0.39 is 0 Å². The van der Waals surface area contributed by atoms with Crippen LogP contribution in [0.15, 0.2) is 30.6 Å². The predicted molar refractivity (Wildman–Crippen MR) is 87.6 cm³/mol. The number of hydrogen-bond acceptors (Lipinski definition) is 4. The second kappa shape index (κ2) is 7.38. The van der Waals surface area contributed by atoms with Crippen molar-refractivity contribution in [3.63, 3.8) is 0 Å². The SMILES string of the molecule is Cl.NC[C@H]1CCC[C@H]1C(=O)Nc1ccc(-c2ncn[nH]2)cc1. The summed E-state index contributed by atoms with van der Waals surface area (Å²) in [4.78, 5) is 16.4. The van der Waals surface area contributed by atoms with Crippen LogP contribution in [0.1, 0.15) is 19.3 Å². The molecule has 0 spiro atoms. The molecule has 3 rings (SSSR count). The normalized spacial score (nSPS) is 20.4. The van der Waals surface area contributed by atoms with Crippen molar-refractivity contribution in [3.8, 4) is 11.4 Å². The van der Waals surface area contributed by atoms with E-state index in [-0.39, 0.29) is 24.2 Å².